The SMILES string of the molecule is C#CCNC(=O)[C@H](c1ccccc1)N(CC)CC. The quantitative estimate of drug-likeness (QED) is 0.774. The van der Waals surface area contributed by atoms with Crippen molar-refractivity contribution in [3.63, 3.8) is 0 Å². The normalized spacial score (nSPS) is 11.9. The first kappa shape index (κ1) is 14.3. The highest BCUT2D eigenvalue weighted by atomic mass is 16.2. The van der Waals surface area contributed by atoms with Gasteiger partial charge in [-0.15, -0.1) is 6.42 Å². The maximum absolute atomic E-state index is 12.2. The van der Waals surface area contributed by atoms with Gasteiger partial charge in [-0.05, 0) is 18.7 Å². The maximum atomic E-state index is 12.2. The number of terminal acetylenes is 1. The second kappa shape index (κ2) is 7.52. The predicted molar refractivity (Wildman–Crippen MR) is 73.9 cm³/mol. The lowest BCUT2D eigenvalue weighted by Crippen LogP contribution is -2.40. The molecule has 0 aromatic heterocycles. The summed E-state index contributed by atoms with van der Waals surface area (Å²) in [5.41, 5.74) is 0.996. The minimum atomic E-state index is -0.269. The molecule has 1 atom stereocenters. The number of carbonyl (C=O) groups excluding carboxylic acids is 1. The number of likely N-dealkylation sites (N-methyl/N-ethyl adjacent to an activating group) is 1. The fourth-order valence-corrected chi connectivity index (χ4v) is 1.99. The second-order valence-electron chi connectivity index (χ2n) is 3.96. The van der Waals surface area contributed by atoms with Crippen LogP contribution < -0.4 is 5.32 Å². The molecule has 3 heteroatoms. The van der Waals surface area contributed by atoms with E-state index in [1.807, 2.05) is 44.2 Å². The highest BCUT2D eigenvalue weighted by molar-refractivity contribution is 5.83. The molecular weight excluding hydrogens is 224 g/mol. The standard InChI is InChI=1S/C15H20N2O/c1-4-12-16-15(18)14(17(5-2)6-3)13-10-8-7-9-11-13/h1,7-11,14H,5-6,12H2,2-3H3,(H,16,18)/t14-/m0/s1. The van der Waals surface area contributed by atoms with E-state index in [4.69, 9.17) is 6.42 Å². The van der Waals surface area contributed by atoms with Crippen LogP contribution in [0.5, 0.6) is 0 Å². The number of nitrogens with one attached hydrogen (secondary N) is 1. The summed E-state index contributed by atoms with van der Waals surface area (Å²) in [6.45, 7) is 6.00. The Morgan fingerprint density at radius 3 is 2.44 bits per heavy atom. The van der Waals surface area contributed by atoms with Gasteiger partial charge in [0.1, 0.15) is 6.04 Å². The Bertz CT molecular complexity index is 404. The summed E-state index contributed by atoms with van der Waals surface area (Å²) < 4.78 is 0. The van der Waals surface area contributed by atoms with Crippen LogP contribution in [0.3, 0.4) is 0 Å². The van der Waals surface area contributed by atoms with Gasteiger partial charge in [-0.2, -0.15) is 0 Å². The number of hydrogen-bond acceptors (Lipinski definition) is 2. The monoisotopic (exact) mass is 244 g/mol. The Kier molecular flexibility index (Phi) is 5.96. The molecular formula is C15H20N2O. The van der Waals surface area contributed by atoms with Crippen molar-refractivity contribution in [1.82, 2.24) is 10.2 Å². The minimum absolute atomic E-state index is 0.0390. The zero-order chi connectivity index (χ0) is 13.4. The molecule has 0 radical (unpaired) electrons. The van der Waals surface area contributed by atoms with Crippen molar-refractivity contribution in [2.24, 2.45) is 0 Å². The molecule has 1 amide bonds. The number of benzene rings is 1. The Morgan fingerprint density at radius 1 is 1.33 bits per heavy atom. The van der Waals surface area contributed by atoms with E-state index >= 15 is 0 Å². The van der Waals surface area contributed by atoms with Crippen molar-refractivity contribution in [3.8, 4) is 12.3 Å². The molecule has 0 saturated carbocycles. The van der Waals surface area contributed by atoms with Gasteiger partial charge in [0.2, 0.25) is 5.91 Å². The smallest absolute Gasteiger partial charge is 0.242 e. The van der Waals surface area contributed by atoms with E-state index in [1.54, 1.807) is 0 Å². The van der Waals surface area contributed by atoms with Crippen LogP contribution >= 0.6 is 0 Å². The van der Waals surface area contributed by atoms with Gasteiger partial charge in [-0.1, -0.05) is 50.1 Å². The van der Waals surface area contributed by atoms with E-state index in [2.05, 4.69) is 16.1 Å². The number of amides is 1. The van der Waals surface area contributed by atoms with Crippen LogP contribution in [-0.4, -0.2) is 30.4 Å². The number of nitrogens with zero attached hydrogens (tertiary/aromatic N) is 1. The topological polar surface area (TPSA) is 32.3 Å². The van der Waals surface area contributed by atoms with Gasteiger partial charge in [0.15, 0.2) is 0 Å². The van der Waals surface area contributed by atoms with Gasteiger partial charge in [0, 0.05) is 0 Å². The molecule has 3 nitrogen and oxygen atoms in total. The zero-order valence-electron chi connectivity index (χ0n) is 11.0. The van der Waals surface area contributed by atoms with E-state index in [0.29, 0.717) is 0 Å². The Morgan fingerprint density at radius 2 is 1.94 bits per heavy atom. The first-order chi connectivity index (χ1) is 8.74. The van der Waals surface area contributed by atoms with Crippen LogP contribution in [0, 0.1) is 12.3 Å². The first-order valence-electron chi connectivity index (χ1n) is 6.24. The molecule has 0 unspecified atom stereocenters. The van der Waals surface area contributed by atoms with Crippen molar-refractivity contribution in [2.75, 3.05) is 19.6 Å². The molecule has 0 aliphatic rings. The Labute approximate surface area is 109 Å². The average molecular weight is 244 g/mol. The summed E-state index contributed by atoms with van der Waals surface area (Å²) >= 11 is 0. The highest BCUT2D eigenvalue weighted by Gasteiger charge is 2.24. The van der Waals surface area contributed by atoms with Crippen molar-refractivity contribution in [2.45, 2.75) is 19.9 Å². The molecule has 1 aromatic carbocycles. The lowest BCUT2D eigenvalue weighted by molar-refractivity contribution is -0.126. The molecule has 0 fully saturated rings. The maximum Gasteiger partial charge on any atom is 0.242 e. The molecule has 96 valence electrons. The fraction of sp³-hybridized carbons (Fsp3) is 0.400. The summed E-state index contributed by atoms with van der Waals surface area (Å²) in [5.74, 6) is 2.39. The van der Waals surface area contributed by atoms with E-state index in [0.717, 1.165) is 18.7 Å². The van der Waals surface area contributed by atoms with E-state index in [-0.39, 0.29) is 18.5 Å². The molecule has 0 aliphatic heterocycles. The highest BCUT2D eigenvalue weighted by Crippen LogP contribution is 2.20. The second-order valence-corrected chi connectivity index (χ2v) is 3.96. The zero-order valence-corrected chi connectivity index (χ0v) is 11.0. The van der Waals surface area contributed by atoms with E-state index in [9.17, 15) is 4.79 Å². The molecule has 0 aliphatic carbocycles. The van der Waals surface area contributed by atoms with Crippen LogP contribution in [0.2, 0.25) is 0 Å². The van der Waals surface area contributed by atoms with Crippen LogP contribution in [0.1, 0.15) is 25.5 Å². The average Bonchev–Trinajstić information content (AvgIpc) is 2.43. The van der Waals surface area contributed by atoms with Crippen LogP contribution in [0.15, 0.2) is 30.3 Å². The lowest BCUT2D eigenvalue weighted by atomic mass is 10.0. The molecule has 1 aromatic rings. The Hall–Kier alpha value is -1.79. The van der Waals surface area contributed by atoms with Crippen molar-refractivity contribution < 1.29 is 4.79 Å². The summed E-state index contributed by atoms with van der Waals surface area (Å²) in [4.78, 5) is 14.3. The first-order valence-corrected chi connectivity index (χ1v) is 6.24. The van der Waals surface area contributed by atoms with Gasteiger partial charge in [0.05, 0.1) is 6.54 Å². The summed E-state index contributed by atoms with van der Waals surface area (Å²) in [6.07, 6.45) is 5.18. The third kappa shape index (κ3) is 3.61. The van der Waals surface area contributed by atoms with Crippen LogP contribution in [0.4, 0.5) is 0 Å². The van der Waals surface area contributed by atoms with Crippen LogP contribution in [-0.2, 0) is 4.79 Å². The molecule has 0 bridgehead atoms. The summed E-state index contributed by atoms with van der Waals surface area (Å²) in [5, 5.41) is 2.76. The van der Waals surface area contributed by atoms with Gasteiger partial charge >= 0.3 is 0 Å². The number of carbonyl (C=O) groups is 1. The van der Waals surface area contributed by atoms with E-state index in [1.165, 1.54) is 0 Å². The summed E-state index contributed by atoms with van der Waals surface area (Å²) in [6, 6.07) is 9.51. The Balaban J connectivity index is 2.95. The van der Waals surface area contributed by atoms with Gasteiger partial charge in [0.25, 0.3) is 0 Å². The fourth-order valence-electron chi connectivity index (χ4n) is 1.99. The van der Waals surface area contributed by atoms with Crippen molar-refractivity contribution in [1.29, 1.82) is 0 Å². The largest absolute Gasteiger partial charge is 0.344 e. The van der Waals surface area contributed by atoms with Gasteiger partial charge in [-0.25, -0.2) is 0 Å². The number of hydrogen-bond donors (Lipinski definition) is 1. The number of rotatable bonds is 6. The molecule has 1 rings (SSSR count). The molecule has 18 heavy (non-hydrogen) atoms. The lowest BCUT2D eigenvalue weighted by Gasteiger charge is -2.28. The summed E-state index contributed by atoms with van der Waals surface area (Å²) in [7, 11) is 0. The van der Waals surface area contributed by atoms with Gasteiger partial charge < -0.3 is 5.32 Å². The van der Waals surface area contributed by atoms with E-state index < -0.39 is 0 Å². The van der Waals surface area contributed by atoms with Gasteiger partial charge in [-0.3, -0.25) is 9.69 Å². The predicted octanol–water partition coefficient (Wildman–Crippen LogP) is 1.82. The molecule has 1 N–H and O–H groups in total. The van der Waals surface area contributed by atoms with Crippen LogP contribution in [0.25, 0.3) is 0 Å². The molecule has 0 heterocycles. The van der Waals surface area contributed by atoms with Crippen molar-refractivity contribution >= 4 is 5.91 Å². The molecule has 0 saturated heterocycles. The van der Waals surface area contributed by atoms with Crippen molar-refractivity contribution in [3.05, 3.63) is 35.9 Å². The minimum Gasteiger partial charge on any atom is -0.344 e. The third-order valence-electron chi connectivity index (χ3n) is 2.91. The third-order valence-corrected chi connectivity index (χ3v) is 2.91. The molecule has 0 spiro atoms.